The van der Waals surface area contributed by atoms with Gasteiger partial charge in [0.15, 0.2) is 0 Å². The van der Waals surface area contributed by atoms with Crippen LogP contribution in [0.4, 0.5) is 0 Å². The zero-order valence-electron chi connectivity index (χ0n) is 14.0. The first-order valence-corrected chi connectivity index (χ1v) is 11.8. The van der Waals surface area contributed by atoms with E-state index >= 15 is 0 Å². The fourth-order valence-corrected chi connectivity index (χ4v) is 6.22. The molecule has 4 heterocycles. The summed E-state index contributed by atoms with van der Waals surface area (Å²) in [5.74, 6) is 0.0439. The van der Waals surface area contributed by atoms with E-state index in [1.807, 2.05) is 22.1 Å². The molecule has 1 aliphatic rings. The standard InChI is InChI=1S/C18H18BrN3OS3/c19-13-7-16(25-10-13)18-21-14(11-26-18)8-17(23)20-3-5-22-4-1-15-12(9-22)2-6-24-15/h2,6-7,10-11H,1,3-5,8-9H2,(H,20,23). The Balaban J connectivity index is 1.23. The van der Waals surface area contributed by atoms with Crippen molar-refractivity contribution >= 4 is 55.8 Å². The Labute approximate surface area is 173 Å². The third-order valence-electron chi connectivity index (χ3n) is 4.31. The van der Waals surface area contributed by atoms with E-state index in [-0.39, 0.29) is 5.91 Å². The van der Waals surface area contributed by atoms with Crippen LogP contribution in [0.3, 0.4) is 0 Å². The van der Waals surface area contributed by atoms with Crippen LogP contribution in [-0.2, 0) is 24.2 Å². The second-order valence-corrected chi connectivity index (χ2v) is 9.88. The topological polar surface area (TPSA) is 45.2 Å². The normalized spacial score (nSPS) is 14.3. The number of thiophene rings is 2. The van der Waals surface area contributed by atoms with Gasteiger partial charge in [-0.25, -0.2) is 4.98 Å². The number of nitrogens with zero attached hydrogens (tertiary/aromatic N) is 2. The summed E-state index contributed by atoms with van der Waals surface area (Å²) in [6, 6.07) is 4.28. The summed E-state index contributed by atoms with van der Waals surface area (Å²) in [5.41, 5.74) is 2.29. The van der Waals surface area contributed by atoms with Crippen LogP contribution in [0.2, 0.25) is 0 Å². The summed E-state index contributed by atoms with van der Waals surface area (Å²) in [5, 5.41) is 10.2. The van der Waals surface area contributed by atoms with Gasteiger partial charge in [-0.2, -0.15) is 0 Å². The van der Waals surface area contributed by atoms with Gasteiger partial charge in [0, 0.05) is 46.3 Å². The zero-order valence-corrected chi connectivity index (χ0v) is 18.1. The Bertz CT molecular complexity index is 901. The van der Waals surface area contributed by atoms with Crippen LogP contribution < -0.4 is 5.32 Å². The molecule has 0 unspecified atom stereocenters. The van der Waals surface area contributed by atoms with Crippen molar-refractivity contribution in [3.05, 3.63) is 48.9 Å². The molecule has 0 aromatic carbocycles. The number of fused-ring (bicyclic) bond motifs is 1. The first kappa shape index (κ1) is 18.3. The van der Waals surface area contributed by atoms with E-state index in [1.165, 1.54) is 10.4 Å². The van der Waals surface area contributed by atoms with Crippen molar-refractivity contribution in [3.63, 3.8) is 0 Å². The molecular formula is C18H18BrN3OS3. The number of carbonyl (C=O) groups is 1. The molecule has 8 heteroatoms. The van der Waals surface area contributed by atoms with Crippen molar-refractivity contribution in [3.8, 4) is 9.88 Å². The lowest BCUT2D eigenvalue weighted by Crippen LogP contribution is -2.37. The molecule has 0 spiro atoms. The fourth-order valence-electron chi connectivity index (χ4n) is 3.00. The van der Waals surface area contributed by atoms with Crippen LogP contribution in [0.5, 0.6) is 0 Å². The molecule has 4 rings (SSSR count). The molecule has 26 heavy (non-hydrogen) atoms. The summed E-state index contributed by atoms with van der Waals surface area (Å²) in [4.78, 5) is 21.8. The van der Waals surface area contributed by atoms with Crippen molar-refractivity contribution in [2.45, 2.75) is 19.4 Å². The Kier molecular flexibility index (Phi) is 5.85. The van der Waals surface area contributed by atoms with Gasteiger partial charge in [-0.15, -0.1) is 34.0 Å². The summed E-state index contributed by atoms with van der Waals surface area (Å²) in [6.07, 6.45) is 1.47. The van der Waals surface area contributed by atoms with Crippen molar-refractivity contribution in [1.29, 1.82) is 0 Å². The monoisotopic (exact) mass is 467 g/mol. The smallest absolute Gasteiger partial charge is 0.226 e. The maximum atomic E-state index is 12.2. The molecule has 0 radical (unpaired) electrons. The molecule has 4 nitrogen and oxygen atoms in total. The minimum atomic E-state index is 0.0439. The van der Waals surface area contributed by atoms with Gasteiger partial charge in [0.05, 0.1) is 17.0 Å². The minimum Gasteiger partial charge on any atom is -0.354 e. The minimum absolute atomic E-state index is 0.0439. The second-order valence-electron chi connectivity index (χ2n) is 6.20. The first-order chi connectivity index (χ1) is 12.7. The van der Waals surface area contributed by atoms with Gasteiger partial charge in [-0.1, -0.05) is 0 Å². The number of thiazole rings is 1. The van der Waals surface area contributed by atoms with Gasteiger partial charge < -0.3 is 5.32 Å². The predicted octanol–water partition coefficient (Wildman–Crippen LogP) is 4.41. The highest BCUT2D eigenvalue weighted by Gasteiger charge is 2.17. The van der Waals surface area contributed by atoms with Gasteiger partial charge in [-0.3, -0.25) is 9.69 Å². The van der Waals surface area contributed by atoms with E-state index in [2.05, 4.69) is 48.6 Å². The molecule has 0 saturated heterocycles. The zero-order chi connectivity index (χ0) is 17.9. The summed E-state index contributed by atoms with van der Waals surface area (Å²) in [7, 11) is 0. The van der Waals surface area contributed by atoms with Crippen LogP contribution in [0.1, 0.15) is 16.1 Å². The SMILES string of the molecule is O=C(Cc1csc(-c2cc(Br)cs2)n1)NCCN1CCc2sccc2C1. The molecule has 0 atom stereocenters. The largest absolute Gasteiger partial charge is 0.354 e. The molecule has 0 saturated carbocycles. The number of aromatic nitrogens is 1. The molecule has 3 aromatic rings. The summed E-state index contributed by atoms with van der Waals surface area (Å²) >= 11 is 8.57. The third kappa shape index (κ3) is 4.43. The van der Waals surface area contributed by atoms with Crippen LogP contribution in [0, 0.1) is 0 Å². The van der Waals surface area contributed by atoms with Gasteiger partial charge in [0.2, 0.25) is 5.91 Å². The maximum absolute atomic E-state index is 12.2. The number of amides is 1. The molecule has 0 fully saturated rings. The van der Waals surface area contributed by atoms with Crippen LogP contribution in [0.15, 0.2) is 32.7 Å². The number of hydrogen-bond donors (Lipinski definition) is 1. The number of nitrogens with one attached hydrogen (secondary N) is 1. The van der Waals surface area contributed by atoms with Crippen LogP contribution in [-0.4, -0.2) is 35.4 Å². The average molecular weight is 468 g/mol. The number of hydrogen-bond acceptors (Lipinski definition) is 6. The van der Waals surface area contributed by atoms with E-state index in [4.69, 9.17) is 0 Å². The van der Waals surface area contributed by atoms with E-state index < -0.39 is 0 Å². The van der Waals surface area contributed by atoms with Crippen molar-refractivity contribution in [1.82, 2.24) is 15.2 Å². The van der Waals surface area contributed by atoms with Gasteiger partial charge >= 0.3 is 0 Å². The van der Waals surface area contributed by atoms with Gasteiger partial charge in [0.1, 0.15) is 5.01 Å². The summed E-state index contributed by atoms with van der Waals surface area (Å²) in [6.45, 7) is 3.66. The van der Waals surface area contributed by atoms with Gasteiger partial charge in [0.25, 0.3) is 0 Å². The molecular weight excluding hydrogens is 450 g/mol. The predicted molar refractivity (Wildman–Crippen MR) is 113 cm³/mol. The Hall–Kier alpha value is -1.06. The van der Waals surface area contributed by atoms with E-state index in [0.717, 1.165) is 46.1 Å². The molecule has 1 N–H and O–H groups in total. The first-order valence-electron chi connectivity index (χ1n) is 8.40. The molecule has 1 amide bonds. The lowest BCUT2D eigenvalue weighted by molar-refractivity contribution is -0.120. The van der Waals surface area contributed by atoms with E-state index in [9.17, 15) is 4.79 Å². The third-order valence-corrected chi connectivity index (χ3v) is 8.08. The van der Waals surface area contributed by atoms with Crippen LogP contribution >= 0.6 is 49.9 Å². The Morgan fingerprint density at radius 2 is 2.23 bits per heavy atom. The number of halogens is 1. The fraction of sp³-hybridized carbons (Fsp3) is 0.333. The molecule has 0 aliphatic carbocycles. The van der Waals surface area contributed by atoms with Crippen molar-refractivity contribution in [2.24, 2.45) is 0 Å². The van der Waals surface area contributed by atoms with Crippen molar-refractivity contribution in [2.75, 3.05) is 19.6 Å². The Morgan fingerprint density at radius 1 is 1.31 bits per heavy atom. The lowest BCUT2D eigenvalue weighted by Gasteiger charge is -2.26. The summed E-state index contributed by atoms with van der Waals surface area (Å²) < 4.78 is 1.07. The highest BCUT2D eigenvalue weighted by atomic mass is 79.9. The molecule has 3 aromatic heterocycles. The molecule has 1 aliphatic heterocycles. The van der Waals surface area contributed by atoms with E-state index in [1.54, 1.807) is 22.7 Å². The van der Waals surface area contributed by atoms with Crippen molar-refractivity contribution < 1.29 is 4.79 Å². The Morgan fingerprint density at radius 3 is 3.08 bits per heavy atom. The quantitative estimate of drug-likeness (QED) is 0.583. The average Bonchev–Trinajstić information content (AvgIpc) is 3.34. The lowest BCUT2D eigenvalue weighted by atomic mass is 10.1. The highest BCUT2D eigenvalue weighted by molar-refractivity contribution is 9.10. The molecule has 136 valence electrons. The van der Waals surface area contributed by atoms with E-state index in [0.29, 0.717) is 13.0 Å². The number of rotatable bonds is 6. The van der Waals surface area contributed by atoms with Crippen LogP contribution in [0.25, 0.3) is 9.88 Å². The maximum Gasteiger partial charge on any atom is 0.226 e. The highest BCUT2D eigenvalue weighted by Crippen LogP contribution is 2.32. The number of carbonyl (C=O) groups excluding carboxylic acids is 1. The van der Waals surface area contributed by atoms with Gasteiger partial charge in [-0.05, 0) is 45.4 Å². The second kappa shape index (κ2) is 8.31. The molecule has 0 bridgehead atoms.